The van der Waals surface area contributed by atoms with Crippen LogP contribution in [0.5, 0.6) is 0 Å². The number of aromatic carboxylic acids is 1. The average molecular weight is 355 g/mol. The Bertz CT molecular complexity index is 676. The smallest absolute Gasteiger partial charge is 0.342 e. The van der Waals surface area contributed by atoms with Crippen LogP contribution in [0.4, 0.5) is 5.69 Å². The second-order valence-electron chi connectivity index (χ2n) is 3.66. The first-order valence-electron chi connectivity index (χ1n) is 5.28. The normalized spacial score (nSPS) is 10.2. The molecule has 1 heterocycles. The van der Waals surface area contributed by atoms with Gasteiger partial charge in [-0.25, -0.2) is 9.78 Å². The molecule has 0 aliphatic rings. The molecule has 1 aromatic carbocycles. The van der Waals surface area contributed by atoms with Crippen LogP contribution in [0.1, 0.15) is 10.4 Å². The number of hydrogen-bond donors (Lipinski definition) is 1. The van der Waals surface area contributed by atoms with E-state index in [0.29, 0.717) is 5.03 Å². The van der Waals surface area contributed by atoms with Gasteiger partial charge in [-0.3, -0.25) is 10.1 Å². The van der Waals surface area contributed by atoms with E-state index in [1.165, 1.54) is 17.8 Å². The third-order valence-corrected chi connectivity index (χ3v) is 3.79. The van der Waals surface area contributed by atoms with Crippen LogP contribution in [0.2, 0.25) is 0 Å². The van der Waals surface area contributed by atoms with E-state index in [2.05, 4.69) is 20.9 Å². The highest BCUT2D eigenvalue weighted by Crippen LogP contribution is 2.30. The summed E-state index contributed by atoms with van der Waals surface area (Å²) in [6.45, 7) is 0. The zero-order chi connectivity index (χ0) is 14.7. The summed E-state index contributed by atoms with van der Waals surface area (Å²) in [5.74, 6) is -1.35. The Morgan fingerprint density at radius 1 is 1.35 bits per heavy atom. The number of nitrogens with zero attached hydrogens (tertiary/aromatic N) is 2. The molecule has 0 radical (unpaired) electrons. The summed E-state index contributed by atoms with van der Waals surface area (Å²) in [7, 11) is 0. The van der Waals surface area contributed by atoms with Crippen molar-refractivity contribution in [3.8, 4) is 0 Å². The minimum Gasteiger partial charge on any atom is -0.477 e. The number of hydrogen-bond acceptors (Lipinski definition) is 5. The van der Waals surface area contributed by atoms with Gasteiger partial charge >= 0.3 is 11.7 Å². The number of pyridine rings is 1. The lowest BCUT2D eigenvalue weighted by atomic mass is 10.2. The van der Waals surface area contributed by atoms with Crippen molar-refractivity contribution >= 4 is 39.3 Å². The third kappa shape index (κ3) is 3.34. The second-order valence-corrected chi connectivity index (χ2v) is 5.67. The van der Waals surface area contributed by atoms with Gasteiger partial charge in [-0.05, 0) is 30.3 Å². The summed E-state index contributed by atoms with van der Waals surface area (Å²) < 4.78 is 0.921. The maximum absolute atomic E-state index is 11.0. The summed E-state index contributed by atoms with van der Waals surface area (Å²) >= 11 is 4.54. The van der Waals surface area contributed by atoms with E-state index < -0.39 is 16.6 Å². The first-order chi connectivity index (χ1) is 9.47. The Labute approximate surface area is 126 Å². The van der Waals surface area contributed by atoms with Gasteiger partial charge in [0.05, 0.1) is 4.92 Å². The fourth-order valence-electron chi connectivity index (χ4n) is 1.42. The van der Waals surface area contributed by atoms with Gasteiger partial charge in [-0.2, -0.15) is 0 Å². The summed E-state index contributed by atoms with van der Waals surface area (Å²) in [4.78, 5) is 25.8. The molecule has 0 spiro atoms. The number of carboxylic acids is 1. The molecule has 0 aliphatic carbocycles. The molecule has 0 amide bonds. The van der Waals surface area contributed by atoms with Crippen LogP contribution in [-0.4, -0.2) is 21.0 Å². The molecule has 0 saturated carbocycles. The van der Waals surface area contributed by atoms with Crippen molar-refractivity contribution in [3.63, 3.8) is 0 Å². The summed E-state index contributed by atoms with van der Waals surface area (Å²) in [5.41, 5.74) is -0.887. The molecule has 0 fully saturated rings. The topological polar surface area (TPSA) is 93.3 Å². The van der Waals surface area contributed by atoms with Crippen LogP contribution in [-0.2, 0) is 0 Å². The minimum absolute atomic E-state index is 0.371. The van der Waals surface area contributed by atoms with Crippen LogP contribution in [0, 0.1) is 10.1 Å². The molecule has 102 valence electrons. The third-order valence-electron chi connectivity index (χ3n) is 2.32. The fourth-order valence-corrected chi connectivity index (χ4v) is 2.49. The van der Waals surface area contributed by atoms with Crippen LogP contribution in [0.15, 0.2) is 50.9 Å². The maximum atomic E-state index is 11.0. The van der Waals surface area contributed by atoms with Crippen molar-refractivity contribution in [1.82, 2.24) is 4.98 Å². The van der Waals surface area contributed by atoms with Crippen molar-refractivity contribution in [2.75, 3.05) is 0 Å². The van der Waals surface area contributed by atoms with Gasteiger partial charge in [-0.15, -0.1) is 0 Å². The summed E-state index contributed by atoms with van der Waals surface area (Å²) in [6, 6.07) is 8.54. The van der Waals surface area contributed by atoms with Gasteiger partial charge in [0.15, 0.2) is 0 Å². The van der Waals surface area contributed by atoms with Crippen LogP contribution in [0.3, 0.4) is 0 Å². The van der Waals surface area contributed by atoms with Gasteiger partial charge in [0.2, 0.25) is 0 Å². The maximum Gasteiger partial charge on any atom is 0.342 e. The predicted octanol–water partition coefficient (Wildman–Crippen LogP) is 3.60. The number of benzene rings is 1. The standard InChI is InChI=1S/C12H7BrN2O4S/c13-7-1-3-8(4-2-7)20-11-5-9(12(16)17)10(6-14-11)15(18)19/h1-6H,(H,16,17). The Morgan fingerprint density at radius 3 is 2.55 bits per heavy atom. The summed E-state index contributed by atoms with van der Waals surface area (Å²) in [5, 5.41) is 20.1. The van der Waals surface area contributed by atoms with Crippen molar-refractivity contribution in [3.05, 3.63) is 56.7 Å². The molecule has 0 aliphatic heterocycles. The second kappa shape index (κ2) is 6.02. The monoisotopic (exact) mass is 354 g/mol. The molecule has 0 atom stereocenters. The number of carbonyl (C=O) groups is 1. The lowest BCUT2D eigenvalue weighted by Gasteiger charge is -2.03. The number of halogens is 1. The SMILES string of the molecule is O=C(O)c1cc(Sc2ccc(Br)cc2)ncc1[N+](=O)[O-]. The molecular weight excluding hydrogens is 348 g/mol. The van der Waals surface area contributed by atoms with E-state index in [9.17, 15) is 14.9 Å². The number of nitro groups is 1. The first kappa shape index (κ1) is 14.5. The minimum atomic E-state index is -1.35. The number of rotatable bonds is 4. The molecule has 0 bridgehead atoms. The number of carboxylic acid groups (broad SMARTS) is 1. The zero-order valence-electron chi connectivity index (χ0n) is 9.82. The quantitative estimate of drug-likeness (QED) is 0.665. The highest BCUT2D eigenvalue weighted by atomic mass is 79.9. The average Bonchev–Trinajstić information content (AvgIpc) is 2.41. The van der Waals surface area contributed by atoms with E-state index in [-0.39, 0.29) is 5.56 Å². The first-order valence-corrected chi connectivity index (χ1v) is 6.89. The van der Waals surface area contributed by atoms with Crippen LogP contribution < -0.4 is 0 Å². The molecular formula is C12H7BrN2O4S. The van der Waals surface area contributed by atoms with Crippen LogP contribution >= 0.6 is 27.7 Å². The van der Waals surface area contributed by atoms with E-state index in [1.807, 2.05) is 24.3 Å². The lowest BCUT2D eigenvalue weighted by molar-refractivity contribution is -0.385. The van der Waals surface area contributed by atoms with Crippen molar-refractivity contribution in [1.29, 1.82) is 0 Å². The molecule has 0 saturated heterocycles. The Morgan fingerprint density at radius 2 is 2.00 bits per heavy atom. The molecule has 2 aromatic rings. The van der Waals surface area contributed by atoms with E-state index in [1.54, 1.807) is 0 Å². The fraction of sp³-hybridized carbons (Fsp3) is 0. The van der Waals surface area contributed by atoms with E-state index in [4.69, 9.17) is 5.11 Å². The number of aromatic nitrogens is 1. The highest BCUT2D eigenvalue weighted by molar-refractivity contribution is 9.10. The van der Waals surface area contributed by atoms with Gasteiger partial charge in [0, 0.05) is 9.37 Å². The summed E-state index contributed by atoms with van der Waals surface area (Å²) in [6.07, 6.45) is 0.963. The molecule has 0 unspecified atom stereocenters. The highest BCUT2D eigenvalue weighted by Gasteiger charge is 2.21. The Kier molecular flexibility index (Phi) is 4.35. The molecule has 2 rings (SSSR count). The van der Waals surface area contributed by atoms with E-state index >= 15 is 0 Å². The van der Waals surface area contributed by atoms with Crippen molar-refractivity contribution in [2.45, 2.75) is 9.92 Å². The largest absolute Gasteiger partial charge is 0.477 e. The molecule has 6 nitrogen and oxygen atoms in total. The van der Waals surface area contributed by atoms with Gasteiger partial charge in [-0.1, -0.05) is 27.7 Å². The van der Waals surface area contributed by atoms with Gasteiger partial charge < -0.3 is 5.11 Å². The van der Waals surface area contributed by atoms with Crippen molar-refractivity contribution < 1.29 is 14.8 Å². The molecule has 20 heavy (non-hydrogen) atoms. The molecule has 1 N–H and O–H groups in total. The lowest BCUT2D eigenvalue weighted by Crippen LogP contribution is -2.03. The Balaban J connectivity index is 2.34. The van der Waals surface area contributed by atoms with Gasteiger partial charge in [0.1, 0.15) is 16.8 Å². The predicted molar refractivity (Wildman–Crippen MR) is 76.1 cm³/mol. The van der Waals surface area contributed by atoms with Crippen LogP contribution in [0.25, 0.3) is 0 Å². The zero-order valence-corrected chi connectivity index (χ0v) is 12.2. The van der Waals surface area contributed by atoms with Crippen molar-refractivity contribution in [2.24, 2.45) is 0 Å². The molecule has 1 aromatic heterocycles. The van der Waals surface area contributed by atoms with Gasteiger partial charge in [0.25, 0.3) is 0 Å². The molecule has 8 heteroatoms. The Hall–Kier alpha value is -1.93. The van der Waals surface area contributed by atoms with E-state index in [0.717, 1.165) is 15.6 Å².